The quantitative estimate of drug-likeness (QED) is 0.569. The van der Waals surface area contributed by atoms with Crippen LogP contribution in [-0.4, -0.2) is 43.5 Å². The molecule has 6 heteroatoms. The molecule has 26 heavy (non-hydrogen) atoms. The van der Waals surface area contributed by atoms with Crippen LogP contribution in [0, 0.1) is 0 Å². The Hall–Kier alpha value is -2.24. The van der Waals surface area contributed by atoms with E-state index < -0.39 is 6.16 Å². The van der Waals surface area contributed by atoms with E-state index in [2.05, 4.69) is 6.92 Å². The van der Waals surface area contributed by atoms with E-state index in [0.717, 1.165) is 31.2 Å². The molecule has 1 amide bonds. The fraction of sp³-hybridized carbons (Fsp3) is 0.600. The second kappa shape index (κ2) is 9.46. The molecule has 0 N–H and O–H groups in total. The van der Waals surface area contributed by atoms with Crippen LogP contribution in [0.3, 0.4) is 0 Å². The number of carbonyl (C=O) groups is 2. The van der Waals surface area contributed by atoms with Gasteiger partial charge in [-0.05, 0) is 50.8 Å². The fourth-order valence-electron chi connectivity index (χ4n) is 3.52. The molecule has 2 rings (SSSR count). The van der Waals surface area contributed by atoms with Crippen molar-refractivity contribution in [2.75, 3.05) is 26.3 Å². The summed E-state index contributed by atoms with van der Waals surface area (Å²) in [6, 6.07) is 7.54. The molecule has 1 aromatic rings. The summed E-state index contributed by atoms with van der Waals surface area (Å²) in [7, 11) is 0. The third-order valence-corrected chi connectivity index (χ3v) is 4.94. The standard InChI is InChI=1S/C20H29NO5/c1-4-20(12-7-8-13-21(15-20)18(22)24-5-2)16-10-9-11-17(14-16)26-19(23)25-6-3/h9-11,14H,4-8,12-13,15H2,1-3H3. The van der Waals surface area contributed by atoms with Crippen molar-refractivity contribution in [2.45, 2.75) is 51.9 Å². The van der Waals surface area contributed by atoms with Crippen molar-refractivity contribution >= 4 is 12.2 Å². The maximum absolute atomic E-state index is 12.3. The molecule has 1 unspecified atom stereocenters. The summed E-state index contributed by atoms with van der Waals surface area (Å²) in [5, 5.41) is 0. The number of benzene rings is 1. The molecule has 6 nitrogen and oxygen atoms in total. The van der Waals surface area contributed by atoms with Crippen molar-refractivity contribution in [2.24, 2.45) is 0 Å². The van der Waals surface area contributed by atoms with Crippen LogP contribution in [0.4, 0.5) is 9.59 Å². The number of ether oxygens (including phenoxy) is 3. The number of nitrogens with zero attached hydrogens (tertiary/aromatic N) is 1. The number of carbonyl (C=O) groups excluding carboxylic acids is 2. The minimum Gasteiger partial charge on any atom is -0.450 e. The third kappa shape index (κ3) is 4.90. The summed E-state index contributed by atoms with van der Waals surface area (Å²) in [6.45, 7) is 7.64. The zero-order valence-corrected chi connectivity index (χ0v) is 16.0. The van der Waals surface area contributed by atoms with Crippen LogP contribution in [0.1, 0.15) is 52.0 Å². The van der Waals surface area contributed by atoms with Crippen molar-refractivity contribution in [1.82, 2.24) is 4.90 Å². The largest absolute Gasteiger partial charge is 0.513 e. The van der Waals surface area contributed by atoms with Crippen LogP contribution in [0.2, 0.25) is 0 Å². The Labute approximate surface area is 155 Å². The van der Waals surface area contributed by atoms with Gasteiger partial charge in [0, 0.05) is 18.5 Å². The molecule has 0 aliphatic carbocycles. The van der Waals surface area contributed by atoms with Gasteiger partial charge in [0.15, 0.2) is 0 Å². The molecule has 0 spiro atoms. The lowest BCUT2D eigenvalue weighted by Gasteiger charge is -2.36. The van der Waals surface area contributed by atoms with E-state index in [4.69, 9.17) is 14.2 Å². The first-order valence-corrected chi connectivity index (χ1v) is 9.41. The highest BCUT2D eigenvalue weighted by Gasteiger charge is 2.36. The van der Waals surface area contributed by atoms with Gasteiger partial charge in [-0.25, -0.2) is 9.59 Å². The number of hydrogen-bond donors (Lipinski definition) is 0. The maximum atomic E-state index is 12.3. The smallest absolute Gasteiger partial charge is 0.450 e. The molecule has 0 bridgehead atoms. The normalized spacial score (nSPS) is 20.2. The minimum absolute atomic E-state index is 0.183. The molecule has 1 aliphatic heterocycles. The molecule has 1 aliphatic rings. The van der Waals surface area contributed by atoms with Gasteiger partial charge in [-0.15, -0.1) is 0 Å². The first-order chi connectivity index (χ1) is 12.5. The Morgan fingerprint density at radius 1 is 1.12 bits per heavy atom. The van der Waals surface area contributed by atoms with Gasteiger partial charge in [0.25, 0.3) is 0 Å². The zero-order valence-electron chi connectivity index (χ0n) is 16.0. The summed E-state index contributed by atoms with van der Waals surface area (Å²) < 4.78 is 15.3. The van der Waals surface area contributed by atoms with E-state index in [1.54, 1.807) is 17.9 Å². The predicted molar refractivity (Wildman–Crippen MR) is 98.5 cm³/mol. The summed E-state index contributed by atoms with van der Waals surface area (Å²) >= 11 is 0. The van der Waals surface area contributed by atoms with Crippen LogP contribution in [0.5, 0.6) is 5.75 Å². The number of hydrogen-bond acceptors (Lipinski definition) is 5. The number of amides is 1. The molecule has 1 heterocycles. The van der Waals surface area contributed by atoms with Crippen LogP contribution in [0.25, 0.3) is 0 Å². The second-order valence-corrected chi connectivity index (χ2v) is 6.52. The van der Waals surface area contributed by atoms with Crippen LogP contribution in [-0.2, 0) is 14.9 Å². The molecular formula is C20H29NO5. The first-order valence-electron chi connectivity index (χ1n) is 9.41. The van der Waals surface area contributed by atoms with Gasteiger partial charge in [-0.3, -0.25) is 0 Å². The van der Waals surface area contributed by atoms with Gasteiger partial charge in [0.1, 0.15) is 5.75 Å². The summed E-state index contributed by atoms with van der Waals surface area (Å²) in [5.74, 6) is 0.459. The molecule has 1 aromatic carbocycles. The SMILES string of the molecule is CCOC(=O)Oc1cccc(C2(CC)CCCCN(C(=O)OCC)C2)c1. The monoisotopic (exact) mass is 363 g/mol. The van der Waals surface area contributed by atoms with Crippen molar-refractivity contribution in [3.8, 4) is 5.75 Å². The first kappa shape index (κ1) is 20.1. The second-order valence-electron chi connectivity index (χ2n) is 6.52. The van der Waals surface area contributed by atoms with Gasteiger partial charge in [0.05, 0.1) is 13.2 Å². The van der Waals surface area contributed by atoms with Gasteiger partial charge < -0.3 is 19.1 Å². The van der Waals surface area contributed by atoms with Crippen LogP contribution >= 0.6 is 0 Å². The van der Waals surface area contributed by atoms with Crippen molar-refractivity contribution < 1.29 is 23.8 Å². The van der Waals surface area contributed by atoms with E-state index in [9.17, 15) is 9.59 Å². The maximum Gasteiger partial charge on any atom is 0.513 e. The highest BCUT2D eigenvalue weighted by Crippen LogP contribution is 2.38. The molecule has 0 saturated carbocycles. The molecule has 1 saturated heterocycles. The Morgan fingerprint density at radius 3 is 2.58 bits per heavy atom. The number of rotatable bonds is 5. The van der Waals surface area contributed by atoms with Crippen LogP contribution in [0.15, 0.2) is 24.3 Å². The molecule has 1 fully saturated rings. The van der Waals surface area contributed by atoms with Gasteiger partial charge >= 0.3 is 12.2 Å². The Balaban J connectivity index is 2.26. The third-order valence-electron chi connectivity index (χ3n) is 4.94. The highest BCUT2D eigenvalue weighted by atomic mass is 16.7. The van der Waals surface area contributed by atoms with Gasteiger partial charge in [0.2, 0.25) is 0 Å². The average molecular weight is 363 g/mol. The van der Waals surface area contributed by atoms with E-state index >= 15 is 0 Å². The molecule has 144 valence electrons. The Kier molecular flexibility index (Phi) is 7.30. The van der Waals surface area contributed by atoms with Gasteiger partial charge in [-0.2, -0.15) is 0 Å². The Bertz CT molecular complexity index is 618. The molecule has 0 radical (unpaired) electrons. The Morgan fingerprint density at radius 2 is 1.88 bits per heavy atom. The summed E-state index contributed by atoms with van der Waals surface area (Å²) in [4.78, 5) is 25.7. The molecular weight excluding hydrogens is 334 g/mol. The lowest BCUT2D eigenvalue weighted by atomic mass is 9.74. The average Bonchev–Trinajstić information content (AvgIpc) is 2.86. The van der Waals surface area contributed by atoms with Crippen molar-refractivity contribution in [1.29, 1.82) is 0 Å². The van der Waals surface area contributed by atoms with E-state index in [1.165, 1.54) is 0 Å². The van der Waals surface area contributed by atoms with Crippen molar-refractivity contribution in [3.63, 3.8) is 0 Å². The molecule has 1 atom stereocenters. The van der Waals surface area contributed by atoms with Crippen LogP contribution < -0.4 is 4.74 Å². The highest BCUT2D eigenvalue weighted by molar-refractivity contribution is 5.68. The van der Waals surface area contributed by atoms with Crippen molar-refractivity contribution in [3.05, 3.63) is 29.8 Å². The zero-order chi connectivity index (χ0) is 19.0. The predicted octanol–water partition coefficient (Wildman–Crippen LogP) is 4.51. The fourth-order valence-corrected chi connectivity index (χ4v) is 3.52. The van der Waals surface area contributed by atoms with Gasteiger partial charge in [-0.1, -0.05) is 25.5 Å². The van der Waals surface area contributed by atoms with E-state index in [0.29, 0.717) is 25.4 Å². The van der Waals surface area contributed by atoms with E-state index in [-0.39, 0.29) is 18.1 Å². The lowest BCUT2D eigenvalue weighted by molar-refractivity contribution is 0.0996. The topological polar surface area (TPSA) is 65.1 Å². The lowest BCUT2D eigenvalue weighted by Crippen LogP contribution is -2.42. The summed E-state index contributed by atoms with van der Waals surface area (Å²) in [5.41, 5.74) is 0.884. The number of likely N-dealkylation sites (tertiary alicyclic amines) is 1. The minimum atomic E-state index is -0.704. The summed E-state index contributed by atoms with van der Waals surface area (Å²) in [6.07, 6.45) is 2.88. The molecule has 0 aromatic heterocycles. The van der Waals surface area contributed by atoms with E-state index in [1.807, 2.05) is 25.1 Å².